The van der Waals surface area contributed by atoms with Gasteiger partial charge in [-0.1, -0.05) is 18.6 Å². The molecule has 36 heavy (non-hydrogen) atoms. The number of rotatable bonds is 9. The molecule has 0 radical (unpaired) electrons. The van der Waals surface area contributed by atoms with Gasteiger partial charge in [-0.15, -0.1) is 0 Å². The number of carbonyl (C=O) groups excluding carboxylic acids is 3. The monoisotopic (exact) mass is 493 g/mol. The van der Waals surface area contributed by atoms with Crippen molar-refractivity contribution in [3.63, 3.8) is 0 Å². The lowest BCUT2D eigenvalue weighted by Crippen LogP contribution is -2.46. The maximum atomic E-state index is 13.0. The minimum atomic E-state index is -0.319. The van der Waals surface area contributed by atoms with E-state index in [0.717, 1.165) is 36.3 Å². The average molecular weight is 494 g/mol. The maximum absolute atomic E-state index is 13.0. The predicted molar refractivity (Wildman–Crippen MR) is 138 cm³/mol. The first-order chi connectivity index (χ1) is 17.3. The summed E-state index contributed by atoms with van der Waals surface area (Å²) in [6.07, 6.45) is 3.66. The first-order valence-electron chi connectivity index (χ1n) is 12.6. The summed E-state index contributed by atoms with van der Waals surface area (Å²) in [5.41, 5.74) is 3.88. The number of hydrogen-bond donors (Lipinski definition) is 1. The van der Waals surface area contributed by atoms with E-state index in [0.29, 0.717) is 29.3 Å². The molecule has 1 fully saturated rings. The second-order valence-corrected chi connectivity index (χ2v) is 9.57. The molecular weight excluding hydrogens is 458 g/mol. The van der Waals surface area contributed by atoms with Crippen molar-refractivity contribution in [3.8, 4) is 11.5 Å². The number of nitrogens with one attached hydrogen (secondary N) is 1. The van der Waals surface area contributed by atoms with Gasteiger partial charge in [0.2, 0.25) is 5.91 Å². The van der Waals surface area contributed by atoms with Crippen molar-refractivity contribution in [2.24, 2.45) is 0 Å². The van der Waals surface area contributed by atoms with Crippen molar-refractivity contribution in [3.05, 3.63) is 52.6 Å². The molecule has 0 aromatic heterocycles. The summed E-state index contributed by atoms with van der Waals surface area (Å²) >= 11 is 0. The van der Waals surface area contributed by atoms with Crippen LogP contribution >= 0.6 is 0 Å². The van der Waals surface area contributed by atoms with Gasteiger partial charge in [0.05, 0.1) is 5.69 Å². The van der Waals surface area contributed by atoms with E-state index in [4.69, 9.17) is 9.47 Å². The highest BCUT2D eigenvalue weighted by molar-refractivity contribution is 6.04. The summed E-state index contributed by atoms with van der Waals surface area (Å²) in [5.74, 6) is 0.405. The molecular formula is C28H35N3O5. The molecule has 0 saturated carbocycles. The molecule has 0 bridgehead atoms. The van der Waals surface area contributed by atoms with E-state index < -0.39 is 0 Å². The third-order valence-corrected chi connectivity index (χ3v) is 6.95. The Balaban J connectivity index is 1.40. The number of piperidine rings is 1. The third-order valence-electron chi connectivity index (χ3n) is 6.95. The molecule has 0 aliphatic carbocycles. The van der Waals surface area contributed by atoms with E-state index in [-0.39, 0.29) is 37.4 Å². The average Bonchev–Trinajstić information content (AvgIpc) is 2.88. The zero-order valence-corrected chi connectivity index (χ0v) is 21.4. The smallest absolute Gasteiger partial charge is 0.265 e. The number of amides is 2. The first kappa shape index (κ1) is 25.7. The lowest BCUT2D eigenvalue weighted by molar-refractivity contribution is -0.125. The van der Waals surface area contributed by atoms with Gasteiger partial charge in [0, 0.05) is 18.7 Å². The Hall–Kier alpha value is -3.39. The summed E-state index contributed by atoms with van der Waals surface area (Å²) in [7, 11) is 0. The standard InChI is InChI=1S/C28H35N3O5/c1-19-7-8-20(2)28(21(19)3)36-17-24(32)22-9-10-25-23(15-22)31(27(34)18-35-25)16-26(33)29-11-14-30-12-5-4-6-13-30/h7-10,15H,4-6,11-14,16-18H2,1-3H3,(H,29,33). The van der Waals surface area contributed by atoms with Crippen molar-refractivity contribution < 1.29 is 23.9 Å². The first-order valence-corrected chi connectivity index (χ1v) is 12.6. The molecule has 2 aliphatic heterocycles. The van der Waals surface area contributed by atoms with Gasteiger partial charge in [-0.3, -0.25) is 19.3 Å². The molecule has 4 rings (SSSR count). The predicted octanol–water partition coefficient (Wildman–Crippen LogP) is 3.20. The molecule has 2 heterocycles. The van der Waals surface area contributed by atoms with Crippen LogP contribution < -0.4 is 19.7 Å². The van der Waals surface area contributed by atoms with Crippen LogP contribution in [0.4, 0.5) is 5.69 Å². The highest BCUT2D eigenvalue weighted by Gasteiger charge is 2.28. The number of carbonyl (C=O) groups is 3. The summed E-state index contributed by atoms with van der Waals surface area (Å²) < 4.78 is 11.4. The number of anilines is 1. The molecule has 0 spiro atoms. The van der Waals surface area contributed by atoms with Crippen LogP contribution in [0.2, 0.25) is 0 Å². The summed E-state index contributed by atoms with van der Waals surface area (Å²) in [5, 5.41) is 2.92. The number of Topliss-reactive ketones (excluding diaryl/α,β-unsaturated/α-hetero) is 1. The normalized spacial score (nSPS) is 15.8. The second-order valence-electron chi connectivity index (χ2n) is 9.57. The fourth-order valence-electron chi connectivity index (χ4n) is 4.65. The summed E-state index contributed by atoms with van der Waals surface area (Å²) in [6.45, 7) is 9.00. The van der Waals surface area contributed by atoms with Crippen LogP contribution in [0.3, 0.4) is 0 Å². The second kappa shape index (κ2) is 11.6. The van der Waals surface area contributed by atoms with Gasteiger partial charge in [-0.05, 0) is 81.6 Å². The van der Waals surface area contributed by atoms with Crippen LogP contribution in [-0.2, 0) is 9.59 Å². The number of hydrogen-bond acceptors (Lipinski definition) is 6. The number of aryl methyl sites for hydroxylation is 2. The molecule has 0 atom stereocenters. The number of likely N-dealkylation sites (tertiary alicyclic amines) is 1. The highest BCUT2D eigenvalue weighted by Crippen LogP contribution is 2.33. The molecule has 2 amide bonds. The number of ketones is 1. The van der Waals surface area contributed by atoms with E-state index in [1.54, 1.807) is 18.2 Å². The van der Waals surface area contributed by atoms with Crippen molar-refractivity contribution >= 4 is 23.3 Å². The summed E-state index contributed by atoms with van der Waals surface area (Å²) in [6, 6.07) is 8.93. The van der Waals surface area contributed by atoms with Crippen LogP contribution in [0, 0.1) is 20.8 Å². The molecule has 8 heteroatoms. The Morgan fingerprint density at radius 2 is 1.78 bits per heavy atom. The Labute approximate surface area is 212 Å². The van der Waals surface area contributed by atoms with Crippen molar-refractivity contribution in [2.45, 2.75) is 40.0 Å². The van der Waals surface area contributed by atoms with Crippen LogP contribution in [-0.4, -0.2) is 68.4 Å². The minimum absolute atomic E-state index is 0.120. The Morgan fingerprint density at radius 3 is 2.56 bits per heavy atom. The van der Waals surface area contributed by atoms with Crippen molar-refractivity contribution in [1.29, 1.82) is 0 Å². The molecule has 1 saturated heterocycles. The van der Waals surface area contributed by atoms with E-state index in [1.807, 2.05) is 32.9 Å². The minimum Gasteiger partial charge on any atom is -0.485 e. The highest BCUT2D eigenvalue weighted by atomic mass is 16.5. The SMILES string of the molecule is Cc1ccc(C)c(OCC(=O)c2ccc3c(c2)N(CC(=O)NCCN2CCCCC2)C(=O)CO3)c1C. The van der Waals surface area contributed by atoms with Gasteiger partial charge in [-0.2, -0.15) is 0 Å². The Kier molecular flexibility index (Phi) is 8.25. The largest absolute Gasteiger partial charge is 0.485 e. The molecule has 2 aromatic rings. The molecule has 8 nitrogen and oxygen atoms in total. The van der Waals surface area contributed by atoms with Crippen molar-refractivity contribution in [1.82, 2.24) is 10.2 Å². The zero-order chi connectivity index (χ0) is 25.7. The van der Waals surface area contributed by atoms with E-state index in [1.165, 1.54) is 24.2 Å². The van der Waals surface area contributed by atoms with Crippen LogP contribution in [0.1, 0.15) is 46.3 Å². The lowest BCUT2D eigenvalue weighted by Gasteiger charge is -2.29. The Morgan fingerprint density at radius 1 is 1.03 bits per heavy atom. The molecule has 2 aromatic carbocycles. The van der Waals surface area contributed by atoms with Gasteiger partial charge >= 0.3 is 0 Å². The number of fused-ring (bicyclic) bond motifs is 1. The molecule has 2 aliphatic rings. The lowest BCUT2D eigenvalue weighted by atomic mass is 10.1. The zero-order valence-electron chi connectivity index (χ0n) is 21.4. The van der Waals surface area contributed by atoms with Gasteiger partial charge in [0.1, 0.15) is 18.0 Å². The summed E-state index contributed by atoms with van der Waals surface area (Å²) in [4.78, 5) is 41.9. The Bertz CT molecular complexity index is 1140. The fraction of sp³-hybridized carbons (Fsp3) is 0.464. The number of nitrogens with zero attached hydrogens (tertiary/aromatic N) is 2. The van der Waals surface area contributed by atoms with Crippen LogP contribution in [0.15, 0.2) is 30.3 Å². The topological polar surface area (TPSA) is 88.2 Å². The van der Waals surface area contributed by atoms with Gasteiger partial charge in [-0.25, -0.2) is 0 Å². The van der Waals surface area contributed by atoms with E-state index >= 15 is 0 Å². The van der Waals surface area contributed by atoms with Gasteiger partial charge in [0.15, 0.2) is 19.0 Å². The number of ether oxygens (including phenoxy) is 2. The van der Waals surface area contributed by atoms with Gasteiger partial charge < -0.3 is 19.7 Å². The number of benzene rings is 2. The van der Waals surface area contributed by atoms with E-state index in [9.17, 15) is 14.4 Å². The molecule has 0 unspecified atom stereocenters. The molecule has 1 N–H and O–H groups in total. The van der Waals surface area contributed by atoms with Crippen LogP contribution in [0.5, 0.6) is 11.5 Å². The molecule has 192 valence electrons. The van der Waals surface area contributed by atoms with Crippen molar-refractivity contribution in [2.75, 3.05) is 50.8 Å². The van der Waals surface area contributed by atoms with Crippen LogP contribution in [0.25, 0.3) is 0 Å². The van der Waals surface area contributed by atoms with E-state index in [2.05, 4.69) is 10.2 Å². The maximum Gasteiger partial charge on any atom is 0.265 e. The quantitative estimate of drug-likeness (QED) is 0.540. The fourth-order valence-corrected chi connectivity index (χ4v) is 4.65. The van der Waals surface area contributed by atoms with Gasteiger partial charge in [0.25, 0.3) is 5.91 Å². The third kappa shape index (κ3) is 6.05.